The minimum atomic E-state index is 0.0588. The number of nitrogens with zero attached hydrogens (tertiary/aromatic N) is 3. The van der Waals surface area contributed by atoms with Crippen LogP contribution in [0.5, 0.6) is 0 Å². The lowest BCUT2D eigenvalue weighted by Gasteiger charge is -2.20. The molecule has 1 saturated heterocycles. The number of hydrogen-bond acceptors (Lipinski definition) is 4. The highest BCUT2D eigenvalue weighted by Gasteiger charge is 2.25. The topological polar surface area (TPSA) is 36.4 Å². The number of aromatic nitrogens is 1. The van der Waals surface area contributed by atoms with Crippen LogP contribution < -0.4 is 0 Å². The fourth-order valence-corrected chi connectivity index (χ4v) is 3.40. The van der Waals surface area contributed by atoms with Gasteiger partial charge in [-0.2, -0.15) is 0 Å². The summed E-state index contributed by atoms with van der Waals surface area (Å²) in [5, 5.41) is 0. The van der Waals surface area contributed by atoms with Gasteiger partial charge in [-0.05, 0) is 32.4 Å². The average molecular weight is 279 g/mol. The molecular formula is C14H21N3OS. The lowest BCUT2D eigenvalue weighted by Crippen LogP contribution is -2.30. The molecule has 1 amide bonds. The Morgan fingerprint density at radius 2 is 2.53 bits per heavy atom. The molecule has 5 heteroatoms. The van der Waals surface area contributed by atoms with Crippen LogP contribution in [0.15, 0.2) is 18.2 Å². The predicted octanol–water partition coefficient (Wildman–Crippen LogP) is 1.92. The van der Waals surface area contributed by atoms with Crippen LogP contribution in [-0.4, -0.2) is 47.4 Å². The van der Waals surface area contributed by atoms with E-state index in [-0.39, 0.29) is 5.91 Å². The summed E-state index contributed by atoms with van der Waals surface area (Å²) in [4.78, 5) is 21.4. The van der Waals surface area contributed by atoms with Crippen molar-refractivity contribution >= 4 is 17.2 Å². The number of hydrogen-bond donors (Lipinski definition) is 0. The van der Waals surface area contributed by atoms with E-state index in [9.17, 15) is 4.79 Å². The number of carbonyl (C=O) groups excluding carboxylic acids is 1. The second kappa shape index (κ2) is 6.30. The van der Waals surface area contributed by atoms with Crippen molar-refractivity contribution in [1.29, 1.82) is 0 Å². The minimum Gasteiger partial charge on any atom is -0.339 e. The summed E-state index contributed by atoms with van der Waals surface area (Å²) in [5.41, 5.74) is 3.03. The van der Waals surface area contributed by atoms with Crippen LogP contribution in [-0.2, 0) is 11.3 Å². The summed E-state index contributed by atoms with van der Waals surface area (Å²) >= 11 is 1.71. The Bertz CT molecular complexity index is 457. The van der Waals surface area contributed by atoms with Crippen LogP contribution in [0, 0.1) is 12.8 Å². The van der Waals surface area contributed by atoms with E-state index in [1.165, 1.54) is 11.0 Å². The fourth-order valence-electron chi connectivity index (χ4n) is 2.54. The number of aryl methyl sites for hydroxylation is 1. The average Bonchev–Trinajstić information content (AvgIpc) is 2.99. The fraction of sp³-hybridized carbons (Fsp3) is 0.571. The van der Waals surface area contributed by atoms with Crippen molar-refractivity contribution in [1.82, 2.24) is 14.8 Å². The number of rotatable bonds is 5. The first-order valence-corrected chi connectivity index (χ1v) is 7.47. The van der Waals surface area contributed by atoms with Crippen molar-refractivity contribution in [2.75, 3.05) is 26.7 Å². The van der Waals surface area contributed by atoms with Gasteiger partial charge in [0.2, 0.25) is 5.91 Å². The normalized spacial score (nSPS) is 19.1. The molecular weight excluding hydrogens is 258 g/mol. The predicted molar refractivity (Wildman–Crippen MR) is 78.1 cm³/mol. The Hall–Kier alpha value is -1.20. The van der Waals surface area contributed by atoms with Crippen LogP contribution >= 0.6 is 11.3 Å². The maximum absolute atomic E-state index is 11.5. The Morgan fingerprint density at radius 1 is 1.74 bits per heavy atom. The molecule has 1 atom stereocenters. The van der Waals surface area contributed by atoms with Crippen molar-refractivity contribution < 1.29 is 4.79 Å². The number of likely N-dealkylation sites (tertiary alicyclic amines) is 1. The van der Waals surface area contributed by atoms with E-state index in [1.807, 2.05) is 10.4 Å². The Morgan fingerprint density at radius 3 is 3.16 bits per heavy atom. The van der Waals surface area contributed by atoms with Crippen molar-refractivity contribution in [3.8, 4) is 0 Å². The van der Waals surface area contributed by atoms with Crippen LogP contribution in [0.3, 0.4) is 0 Å². The van der Waals surface area contributed by atoms with Gasteiger partial charge in [0, 0.05) is 31.1 Å². The van der Waals surface area contributed by atoms with Gasteiger partial charge in [-0.25, -0.2) is 4.98 Å². The molecule has 2 rings (SSSR count). The summed E-state index contributed by atoms with van der Waals surface area (Å²) in [6.45, 7) is 9.29. The van der Waals surface area contributed by atoms with Crippen molar-refractivity contribution in [3.63, 3.8) is 0 Å². The zero-order chi connectivity index (χ0) is 13.8. The molecule has 2 heterocycles. The van der Waals surface area contributed by atoms with E-state index in [2.05, 4.69) is 30.4 Å². The molecule has 0 spiro atoms. The first-order chi connectivity index (χ1) is 9.10. The maximum Gasteiger partial charge on any atom is 0.245 e. The summed E-state index contributed by atoms with van der Waals surface area (Å²) in [7, 11) is 2.14. The standard InChI is InChI=1S/C14H21N3OS/c1-4-14(18)17-6-5-12(8-17)7-16(3)9-13-11(2)15-10-19-13/h4,10,12H,1,5-9H2,2-3H3. The highest BCUT2D eigenvalue weighted by Crippen LogP contribution is 2.20. The van der Waals surface area contributed by atoms with Crippen molar-refractivity contribution in [3.05, 3.63) is 28.7 Å². The summed E-state index contributed by atoms with van der Waals surface area (Å²) in [5.74, 6) is 0.630. The van der Waals surface area contributed by atoms with Gasteiger partial charge in [0.1, 0.15) is 0 Å². The first kappa shape index (κ1) is 14.2. The summed E-state index contributed by atoms with van der Waals surface area (Å²) in [6, 6.07) is 0. The van der Waals surface area contributed by atoms with Gasteiger partial charge in [0.25, 0.3) is 0 Å². The molecule has 104 valence electrons. The van der Waals surface area contributed by atoms with E-state index in [4.69, 9.17) is 0 Å². The molecule has 0 aliphatic carbocycles. The van der Waals surface area contributed by atoms with Gasteiger partial charge in [-0.15, -0.1) is 11.3 Å². The monoisotopic (exact) mass is 279 g/mol. The van der Waals surface area contributed by atoms with Gasteiger partial charge >= 0.3 is 0 Å². The molecule has 1 unspecified atom stereocenters. The maximum atomic E-state index is 11.5. The van der Waals surface area contributed by atoms with Crippen LogP contribution in [0.2, 0.25) is 0 Å². The summed E-state index contributed by atoms with van der Waals surface area (Å²) in [6.07, 6.45) is 2.50. The van der Waals surface area contributed by atoms with E-state index in [0.717, 1.165) is 38.3 Å². The minimum absolute atomic E-state index is 0.0588. The van der Waals surface area contributed by atoms with Crippen molar-refractivity contribution in [2.24, 2.45) is 5.92 Å². The molecule has 0 aromatic carbocycles. The first-order valence-electron chi connectivity index (χ1n) is 6.59. The highest BCUT2D eigenvalue weighted by atomic mass is 32.1. The molecule has 19 heavy (non-hydrogen) atoms. The zero-order valence-electron chi connectivity index (χ0n) is 11.6. The Kier molecular flexibility index (Phi) is 4.71. The van der Waals surface area contributed by atoms with Gasteiger partial charge in [-0.1, -0.05) is 6.58 Å². The smallest absolute Gasteiger partial charge is 0.245 e. The SMILES string of the molecule is C=CC(=O)N1CCC(CN(C)Cc2scnc2C)C1. The second-order valence-electron chi connectivity index (χ2n) is 5.20. The Balaban J connectivity index is 1.81. The number of amides is 1. The van der Waals surface area contributed by atoms with Crippen LogP contribution in [0.1, 0.15) is 17.0 Å². The van der Waals surface area contributed by atoms with Crippen molar-refractivity contribution in [2.45, 2.75) is 19.9 Å². The largest absolute Gasteiger partial charge is 0.339 e. The van der Waals surface area contributed by atoms with E-state index >= 15 is 0 Å². The third-order valence-corrected chi connectivity index (χ3v) is 4.52. The number of carbonyl (C=O) groups is 1. The lowest BCUT2D eigenvalue weighted by atomic mass is 10.1. The molecule has 1 aromatic heterocycles. The second-order valence-corrected chi connectivity index (χ2v) is 6.14. The van der Waals surface area contributed by atoms with Gasteiger partial charge in [0.05, 0.1) is 11.2 Å². The van der Waals surface area contributed by atoms with Gasteiger partial charge in [0.15, 0.2) is 0 Å². The zero-order valence-corrected chi connectivity index (χ0v) is 12.4. The number of thiazole rings is 1. The third kappa shape index (κ3) is 3.64. The molecule has 1 fully saturated rings. The lowest BCUT2D eigenvalue weighted by molar-refractivity contribution is -0.125. The molecule has 4 nitrogen and oxygen atoms in total. The highest BCUT2D eigenvalue weighted by molar-refractivity contribution is 7.09. The quantitative estimate of drug-likeness (QED) is 0.773. The van der Waals surface area contributed by atoms with E-state index < -0.39 is 0 Å². The van der Waals surface area contributed by atoms with E-state index in [0.29, 0.717) is 5.92 Å². The van der Waals surface area contributed by atoms with Gasteiger partial charge < -0.3 is 9.80 Å². The molecule has 1 aromatic rings. The molecule has 0 radical (unpaired) electrons. The molecule has 1 aliphatic heterocycles. The van der Waals surface area contributed by atoms with Crippen LogP contribution in [0.25, 0.3) is 0 Å². The molecule has 0 bridgehead atoms. The van der Waals surface area contributed by atoms with E-state index in [1.54, 1.807) is 11.3 Å². The van der Waals surface area contributed by atoms with Gasteiger partial charge in [-0.3, -0.25) is 4.79 Å². The summed E-state index contributed by atoms with van der Waals surface area (Å²) < 4.78 is 0. The third-order valence-electron chi connectivity index (χ3n) is 3.60. The molecule has 1 aliphatic rings. The Labute approximate surface area is 118 Å². The molecule has 0 N–H and O–H groups in total. The van der Waals surface area contributed by atoms with Crippen LogP contribution in [0.4, 0.5) is 0 Å². The molecule has 0 saturated carbocycles.